The van der Waals surface area contributed by atoms with Crippen molar-refractivity contribution < 1.29 is 76.1 Å². The zero-order valence-electron chi connectivity index (χ0n) is 39.6. The summed E-state index contributed by atoms with van der Waals surface area (Å²) in [6.07, 6.45) is -12.3. The van der Waals surface area contributed by atoms with Gasteiger partial charge in [-0.2, -0.15) is 0 Å². The van der Waals surface area contributed by atoms with E-state index in [0.29, 0.717) is 11.5 Å². The van der Waals surface area contributed by atoms with Crippen LogP contribution in [0, 0.1) is 0 Å². The standard InChI is InChI=1S/C54H55NO16/c1-33(56)63-32-44-47(66-34(2)57)48(67-35(3)58)45(55-51(59)41-22-14-15-23-42(41)52(55)60)53(69-44)71-49-46(64-29-37-18-10-6-11-19-37)43(31-62-28-36-16-8-5-9-17-36)70-54(68-40-26-24-39(61-4)25-27-40)50(49)65-30-38-20-12-7-13-21-38/h5-27,43-50,53-54H,28-32H2,1-4H3. The van der Waals surface area contributed by atoms with Gasteiger partial charge in [0.05, 0.1) is 44.7 Å². The van der Waals surface area contributed by atoms with E-state index in [1.54, 1.807) is 43.5 Å². The van der Waals surface area contributed by atoms with Gasteiger partial charge in [-0.1, -0.05) is 103 Å². The van der Waals surface area contributed by atoms with Crippen LogP contribution in [-0.2, 0) is 76.8 Å². The lowest BCUT2D eigenvalue weighted by molar-refractivity contribution is -0.354. The van der Waals surface area contributed by atoms with Crippen molar-refractivity contribution in [2.75, 3.05) is 20.3 Å². The molecule has 10 atom stereocenters. The summed E-state index contributed by atoms with van der Waals surface area (Å²) < 4.78 is 70.2. The van der Waals surface area contributed by atoms with Crippen LogP contribution in [0.4, 0.5) is 0 Å². The molecule has 3 aliphatic heterocycles. The Labute approximate surface area is 410 Å². The fourth-order valence-corrected chi connectivity index (χ4v) is 8.73. The van der Waals surface area contributed by atoms with E-state index < -0.39 is 97.7 Å². The van der Waals surface area contributed by atoms with Crippen LogP contribution >= 0.6 is 0 Å². The summed E-state index contributed by atoms with van der Waals surface area (Å²) in [7, 11) is 1.55. The monoisotopic (exact) mass is 973 g/mol. The molecule has 0 aromatic heterocycles. The first kappa shape index (κ1) is 50.4. The maximum absolute atomic E-state index is 14.6. The van der Waals surface area contributed by atoms with Gasteiger partial charge >= 0.3 is 17.9 Å². The molecule has 3 aliphatic rings. The largest absolute Gasteiger partial charge is 0.497 e. The fourth-order valence-electron chi connectivity index (χ4n) is 8.73. The van der Waals surface area contributed by atoms with Crippen LogP contribution in [0.2, 0.25) is 0 Å². The minimum absolute atomic E-state index is 0.00477. The molecule has 2 fully saturated rings. The average molecular weight is 974 g/mol. The van der Waals surface area contributed by atoms with Crippen LogP contribution < -0.4 is 9.47 Å². The van der Waals surface area contributed by atoms with Gasteiger partial charge in [-0.05, 0) is 53.1 Å². The first-order valence-corrected chi connectivity index (χ1v) is 23.1. The molecule has 17 heteroatoms. The van der Waals surface area contributed by atoms with Gasteiger partial charge in [0.1, 0.15) is 54.7 Å². The molecule has 0 saturated carbocycles. The van der Waals surface area contributed by atoms with Crippen molar-refractivity contribution in [3.05, 3.63) is 167 Å². The summed E-state index contributed by atoms with van der Waals surface area (Å²) in [6, 6.07) is 39.7. The van der Waals surface area contributed by atoms with Gasteiger partial charge in [-0.25, -0.2) is 0 Å². The molecular weight excluding hydrogens is 919 g/mol. The minimum atomic E-state index is -1.75. The minimum Gasteiger partial charge on any atom is -0.497 e. The summed E-state index contributed by atoms with van der Waals surface area (Å²) in [5, 5.41) is 0. The molecule has 372 valence electrons. The number of imide groups is 1. The van der Waals surface area contributed by atoms with Gasteiger partial charge in [-0.3, -0.25) is 28.9 Å². The highest BCUT2D eigenvalue weighted by atomic mass is 16.8. The Morgan fingerprint density at radius 2 is 0.986 bits per heavy atom. The van der Waals surface area contributed by atoms with Gasteiger partial charge in [0.2, 0.25) is 6.29 Å². The van der Waals surface area contributed by atoms with Crippen LogP contribution in [0.3, 0.4) is 0 Å². The number of methoxy groups -OCH3 is 1. The predicted octanol–water partition coefficient (Wildman–Crippen LogP) is 6.39. The molecule has 5 aromatic carbocycles. The lowest BCUT2D eigenvalue weighted by Crippen LogP contribution is -2.70. The topological polar surface area (TPSA) is 190 Å². The number of benzene rings is 5. The summed E-state index contributed by atoms with van der Waals surface area (Å²) >= 11 is 0. The van der Waals surface area contributed by atoms with Crippen molar-refractivity contribution in [3.63, 3.8) is 0 Å². The van der Waals surface area contributed by atoms with Crippen LogP contribution in [0.25, 0.3) is 0 Å². The molecule has 0 aliphatic carbocycles. The van der Waals surface area contributed by atoms with Gasteiger partial charge in [0.25, 0.3) is 11.8 Å². The van der Waals surface area contributed by atoms with Crippen LogP contribution in [0.5, 0.6) is 11.5 Å². The number of carbonyl (C=O) groups is 5. The van der Waals surface area contributed by atoms with E-state index in [1.807, 2.05) is 91.0 Å². The fraction of sp³-hybridized carbons (Fsp3) is 0.352. The van der Waals surface area contributed by atoms with E-state index >= 15 is 0 Å². The van der Waals surface area contributed by atoms with Gasteiger partial charge in [0, 0.05) is 20.8 Å². The Hall–Kier alpha value is -6.99. The Kier molecular flexibility index (Phi) is 16.9. The number of ether oxygens (including phenoxy) is 11. The highest BCUT2D eigenvalue weighted by Crippen LogP contribution is 2.39. The number of carbonyl (C=O) groups excluding carboxylic acids is 5. The number of amides is 2. The van der Waals surface area contributed by atoms with E-state index in [4.69, 9.17) is 52.1 Å². The molecule has 0 spiro atoms. The van der Waals surface area contributed by atoms with Gasteiger partial charge in [-0.15, -0.1) is 0 Å². The van der Waals surface area contributed by atoms with Crippen molar-refractivity contribution in [2.24, 2.45) is 0 Å². The van der Waals surface area contributed by atoms with Crippen molar-refractivity contribution in [1.29, 1.82) is 0 Å². The van der Waals surface area contributed by atoms with Gasteiger partial charge in [0.15, 0.2) is 18.5 Å². The Morgan fingerprint density at radius 1 is 0.507 bits per heavy atom. The van der Waals surface area contributed by atoms with Crippen molar-refractivity contribution in [1.82, 2.24) is 4.90 Å². The van der Waals surface area contributed by atoms with Crippen LogP contribution in [-0.4, -0.2) is 116 Å². The second kappa shape index (κ2) is 23.7. The summed E-state index contributed by atoms with van der Waals surface area (Å²) in [4.78, 5) is 68.5. The number of nitrogens with zero attached hydrogens (tertiary/aromatic N) is 1. The number of hydrogen-bond donors (Lipinski definition) is 0. The first-order valence-electron chi connectivity index (χ1n) is 23.1. The molecule has 10 unspecified atom stereocenters. The van der Waals surface area contributed by atoms with E-state index in [1.165, 1.54) is 19.1 Å². The molecule has 17 nitrogen and oxygen atoms in total. The van der Waals surface area contributed by atoms with Crippen LogP contribution in [0.15, 0.2) is 140 Å². The Bertz CT molecular complexity index is 2550. The average Bonchev–Trinajstić information content (AvgIpc) is 3.62. The maximum Gasteiger partial charge on any atom is 0.303 e. The summed E-state index contributed by atoms with van der Waals surface area (Å²) in [5.41, 5.74) is 2.60. The molecular formula is C54H55NO16. The number of hydrogen-bond acceptors (Lipinski definition) is 16. The highest BCUT2D eigenvalue weighted by molar-refractivity contribution is 6.21. The first-order chi connectivity index (χ1) is 34.5. The SMILES string of the molecule is COc1ccc(OC2OC(COCc3ccccc3)C(OCc3ccccc3)C(OC3OC(COC(C)=O)C(OC(C)=O)C(OC(C)=O)C3N3C(=O)c4ccccc4C3=O)C2OCc2ccccc2)cc1. The number of esters is 3. The third-order valence-electron chi connectivity index (χ3n) is 12.0. The lowest BCUT2D eigenvalue weighted by atomic mass is 9.93. The Morgan fingerprint density at radius 3 is 1.52 bits per heavy atom. The Balaban J connectivity index is 1.28. The van der Waals surface area contributed by atoms with Crippen molar-refractivity contribution in [3.8, 4) is 11.5 Å². The lowest BCUT2D eigenvalue weighted by Gasteiger charge is -2.51. The molecule has 2 amide bonds. The zero-order valence-corrected chi connectivity index (χ0v) is 39.6. The van der Waals surface area contributed by atoms with E-state index in [2.05, 4.69) is 0 Å². The highest BCUT2D eigenvalue weighted by Gasteiger charge is 2.60. The summed E-state index contributed by atoms with van der Waals surface area (Å²) in [6.45, 7) is 3.05. The number of fused-ring (bicyclic) bond motifs is 1. The molecule has 71 heavy (non-hydrogen) atoms. The van der Waals surface area contributed by atoms with E-state index in [0.717, 1.165) is 35.4 Å². The normalized spacial score (nSPS) is 24.9. The second-order valence-electron chi connectivity index (χ2n) is 17.0. The molecule has 0 bridgehead atoms. The molecule has 5 aromatic rings. The molecule has 2 saturated heterocycles. The molecule has 0 N–H and O–H groups in total. The third kappa shape index (κ3) is 12.5. The van der Waals surface area contributed by atoms with Crippen molar-refractivity contribution in [2.45, 2.75) is 102 Å². The van der Waals surface area contributed by atoms with Crippen LogP contribution in [0.1, 0.15) is 58.2 Å². The third-order valence-corrected chi connectivity index (χ3v) is 12.0. The second-order valence-corrected chi connectivity index (χ2v) is 17.0. The maximum atomic E-state index is 14.6. The van der Waals surface area contributed by atoms with Crippen molar-refractivity contribution >= 4 is 29.7 Å². The summed E-state index contributed by atoms with van der Waals surface area (Å²) in [5.74, 6) is -2.97. The van der Waals surface area contributed by atoms with Gasteiger partial charge < -0.3 is 52.1 Å². The molecule has 3 heterocycles. The number of rotatable bonds is 20. The predicted molar refractivity (Wildman–Crippen MR) is 250 cm³/mol. The van der Waals surface area contributed by atoms with E-state index in [9.17, 15) is 24.0 Å². The van der Waals surface area contributed by atoms with E-state index in [-0.39, 0.29) is 37.6 Å². The quantitative estimate of drug-likeness (QED) is 0.0474. The molecule has 8 rings (SSSR count). The zero-order chi connectivity index (χ0) is 49.9. The smallest absolute Gasteiger partial charge is 0.303 e. The molecule has 0 radical (unpaired) electrons.